The highest BCUT2D eigenvalue weighted by molar-refractivity contribution is 6.30. The second-order valence-corrected chi connectivity index (χ2v) is 8.14. The molecule has 0 aromatic heterocycles. The van der Waals surface area contributed by atoms with Crippen molar-refractivity contribution in [2.45, 2.75) is 59.7 Å². The SMILES string of the molecule is CC[C@H](C)NC(=O)[C@H](C)N(Cc1ccc(Cl)cc1)C(=O)COc1ccc(C)cc1C. The zero-order chi connectivity index (χ0) is 22.3. The third kappa shape index (κ3) is 6.77. The summed E-state index contributed by atoms with van der Waals surface area (Å²) in [6, 6.07) is 12.5. The molecule has 0 saturated heterocycles. The number of amides is 2. The minimum Gasteiger partial charge on any atom is -0.483 e. The number of carbonyl (C=O) groups excluding carboxylic acids is 2. The van der Waals surface area contributed by atoms with Crippen LogP contribution in [0, 0.1) is 13.8 Å². The second-order valence-electron chi connectivity index (χ2n) is 7.70. The first-order chi connectivity index (χ1) is 14.2. The van der Waals surface area contributed by atoms with E-state index in [0.717, 1.165) is 23.1 Å². The lowest BCUT2D eigenvalue weighted by Gasteiger charge is -2.29. The van der Waals surface area contributed by atoms with Gasteiger partial charge >= 0.3 is 0 Å². The third-order valence-electron chi connectivity index (χ3n) is 5.12. The van der Waals surface area contributed by atoms with Gasteiger partial charge in [0.25, 0.3) is 5.91 Å². The Morgan fingerprint density at radius 3 is 2.37 bits per heavy atom. The van der Waals surface area contributed by atoms with Crippen molar-refractivity contribution < 1.29 is 14.3 Å². The van der Waals surface area contributed by atoms with Crippen molar-refractivity contribution in [1.29, 1.82) is 0 Å². The van der Waals surface area contributed by atoms with Crippen LogP contribution in [0.4, 0.5) is 0 Å². The Hall–Kier alpha value is -2.53. The molecule has 2 amide bonds. The van der Waals surface area contributed by atoms with Crippen LogP contribution in [0.1, 0.15) is 43.9 Å². The van der Waals surface area contributed by atoms with Crippen LogP contribution in [0.5, 0.6) is 5.75 Å². The molecule has 5 nitrogen and oxygen atoms in total. The largest absolute Gasteiger partial charge is 0.483 e. The normalized spacial score (nSPS) is 12.7. The number of nitrogens with one attached hydrogen (secondary N) is 1. The highest BCUT2D eigenvalue weighted by Crippen LogP contribution is 2.19. The van der Waals surface area contributed by atoms with Crippen molar-refractivity contribution in [3.63, 3.8) is 0 Å². The number of rotatable bonds is 9. The minimum atomic E-state index is -0.634. The predicted molar refractivity (Wildman–Crippen MR) is 121 cm³/mol. The van der Waals surface area contributed by atoms with Crippen LogP contribution >= 0.6 is 11.6 Å². The Morgan fingerprint density at radius 1 is 1.10 bits per heavy atom. The smallest absolute Gasteiger partial charge is 0.261 e. The molecule has 0 fully saturated rings. The van der Waals surface area contributed by atoms with Crippen molar-refractivity contribution in [1.82, 2.24) is 10.2 Å². The standard InChI is InChI=1S/C24H31ClN2O3/c1-6-18(4)26-24(29)19(5)27(14-20-8-10-21(25)11-9-20)23(28)15-30-22-12-7-16(2)13-17(22)3/h7-13,18-19H,6,14-15H2,1-5H3,(H,26,29)/t18-,19-/m0/s1. The number of hydrogen-bond donors (Lipinski definition) is 1. The molecule has 30 heavy (non-hydrogen) atoms. The average Bonchev–Trinajstić information content (AvgIpc) is 2.71. The lowest BCUT2D eigenvalue weighted by molar-refractivity contribution is -0.142. The second kappa shape index (κ2) is 11.0. The summed E-state index contributed by atoms with van der Waals surface area (Å²) in [5.74, 6) is 0.229. The monoisotopic (exact) mass is 430 g/mol. The van der Waals surface area contributed by atoms with Crippen molar-refractivity contribution in [3.05, 3.63) is 64.2 Å². The van der Waals surface area contributed by atoms with E-state index in [1.165, 1.54) is 0 Å². The molecule has 0 aliphatic carbocycles. The molecule has 0 heterocycles. The van der Waals surface area contributed by atoms with Gasteiger partial charge in [0, 0.05) is 17.6 Å². The Balaban J connectivity index is 2.16. The Morgan fingerprint density at radius 2 is 1.77 bits per heavy atom. The summed E-state index contributed by atoms with van der Waals surface area (Å²) in [4.78, 5) is 27.3. The quantitative estimate of drug-likeness (QED) is 0.629. The van der Waals surface area contributed by atoms with E-state index in [1.807, 2.05) is 58.0 Å². The van der Waals surface area contributed by atoms with E-state index >= 15 is 0 Å². The van der Waals surface area contributed by atoms with E-state index in [2.05, 4.69) is 5.32 Å². The van der Waals surface area contributed by atoms with Crippen LogP contribution in [0.25, 0.3) is 0 Å². The van der Waals surface area contributed by atoms with Gasteiger partial charge in [-0.25, -0.2) is 0 Å². The van der Waals surface area contributed by atoms with Gasteiger partial charge in [-0.15, -0.1) is 0 Å². The maximum atomic E-state index is 13.1. The van der Waals surface area contributed by atoms with Gasteiger partial charge in [0.15, 0.2) is 6.61 Å². The number of halogens is 1. The summed E-state index contributed by atoms with van der Waals surface area (Å²) < 4.78 is 5.78. The lowest BCUT2D eigenvalue weighted by Crippen LogP contribution is -2.50. The Kier molecular flexibility index (Phi) is 8.72. The molecule has 2 aromatic carbocycles. The Bertz CT molecular complexity index is 867. The van der Waals surface area contributed by atoms with Gasteiger partial charge in [0.1, 0.15) is 11.8 Å². The summed E-state index contributed by atoms with van der Waals surface area (Å²) in [6.45, 7) is 9.79. The molecule has 0 bridgehead atoms. The molecular weight excluding hydrogens is 400 g/mol. The summed E-state index contributed by atoms with van der Waals surface area (Å²) in [5, 5.41) is 3.58. The minimum absolute atomic E-state index is 0.0406. The van der Waals surface area contributed by atoms with Gasteiger partial charge in [-0.3, -0.25) is 9.59 Å². The molecule has 6 heteroatoms. The molecule has 0 unspecified atom stereocenters. The maximum absolute atomic E-state index is 13.1. The summed E-state index contributed by atoms with van der Waals surface area (Å²) >= 11 is 5.98. The van der Waals surface area contributed by atoms with E-state index in [-0.39, 0.29) is 24.5 Å². The first-order valence-electron chi connectivity index (χ1n) is 10.3. The topological polar surface area (TPSA) is 58.6 Å². The van der Waals surface area contributed by atoms with E-state index < -0.39 is 6.04 Å². The van der Waals surface area contributed by atoms with Crippen molar-refractivity contribution in [3.8, 4) is 5.75 Å². The summed E-state index contributed by atoms with van der Waals surface area (Å²) in [7, 11) is 0. The molecule has 162 valence electrons. The first-order valence-corrected chi connectivity index (χ1v) is 10.6. The highest BCUT2D eigenvalue weighted by Gasteiger charge is 2.27. The van der Waals surface area contributed by atoms with Gasteiger partial charge in [-0.1, -0.05) is 48.4 Å². The van der Waals surface area contributed by atoms with Crippen LogP contribution in [-0.2, 0) is 16.1 Å². The number of carbonyl (C=O) groups is 2. The molecule has 2 atom stereocenters. The number of benzene rings is 2. The van der Waals surface area contributed by atoms with Gasteiger partial charge < -0.3 is 15.0 Å². The molecule has 0 aliphatic heterocycles. The van der Waals surface area contributed by atoms with Crippen molar-refractivity contribution in [2.24, 2.45) is 0 Å². The van der Waals surface area contributed by atoms with Gasteiger partial charge in [-0.2, -0.15) is 0 Å². The molecule has 0 spiro atoms. The number of hydrogen-bond acceptors (Lipinski definition) is 3. The summed E-state index contributed by atoms with van der Waals surface area (Å²) in [5.41, 5.74) is 2.99. The van der Waals surface area contributed by atoms with Gasteiger partial charge in [0.05, 0.1) is 0 Å². The molecule has 1 N–H and O–H groups in total. The average molecular weight is 431 g/mol. The molecule has 2 rings (SSSR count). The number of nitrogens with zero attached hydrogens (tertiary/aromatic N) is 1. The van der Waals surface area contributed by atoms with Crippen LogP contribution in [0.2, 0.25) is 5.02 Å². The van der Waals surface area contributed by atoms with Gasteiger partial charge in [-0.05, 0) is 63.4 Å². The molecular formula is C24H31ClN2O3. The van der Waals surface area contributed by atoms with Crippen LogP contribution in [0.15, 0.2) is 42.5 Å². The van der Waals surface area contributed by atoms with E-state index in [4.69, 9.17) is 16.3 Å². The number of ether oxygens (including phenoxy) is 1. The van der Waals surface area contributed by atoms with Crippen molar-refractivity contribution >= 4 is 23.4 Å². The third-order valence-corrected chi connectivity index (χ3v) is 5.37. The van der Waals surface area contributed by atoms with E-state index in [1.54, 1.807) is 24.0 Å². The molecule has 0 radical (unpaired) electrons. The zero-order valence-electron chi connectivity index (χ0n) is 18.4. The van der Waals surface area contributed by atoms with Crippen LogP contribution < -0.4 is 10.1 Å². The fraction of sp³-hybridized carbons (Fsp3) is 0.417. The number of aryl methyl sites for hydroxylation is 2. The van der Waals surface area contributed by atoms with Gasteiger partial charge in [0.2, 0.25) is 5.91 Å². The summed E-state index contributed by atoms with van der Waals surface area (Å²) in [6.07, 6.45) is 0.819. The van der Waals surface area contributed by atoms with Crippen LogP contribution in [-0.4, -0.2) is 35.4 Å². The lowest BCUT2D eigenvalue weighted by atomic mass is 10.1. The molecule has 2 aromatic rings. The maximum Gasteiger partial charge on any atom is 0.261 e. The fourth-order valence-corrected chi connectivity index (χ4v) is 3.14. The first kappa shape index (κ1) is 23.7. The molecule has 0 aliphatic rings. The van der Waals surface area contributed by atoms with Crippen LogP contribution in [0.3, 0.4) is 0 Å². The predicted octanol–water partition coefficient (Wildman–Crippen LogP) is 4.67. The fourth-order valence-electron chi connectivity index (χ4n) is 3.02. The van der Waals surface area contributed by atoms with E-state index in [9.17, 15) is 9.59 Å². The van der Waals surface area contributed by atoms with E-state index in [0.29, 0.717) is 17.3 Å². The molecule has 0 saturated carbocycles. The highest BCUT2D eigenvalue weighted by atomic mass is 35.5. The Labute approximate surface area is 184 Å². The zero-order valence-corrected chi connectivity index (χ0v) is 19.1. The van der Waals surface area contributed by atoms with Crippen molar-refractivity contribution in [2.75, 3.05) is 6.61 Å².